The number of hydrogen-bond acceptors (Lipinski definition) is 2. The molecule has 0 radical (unpaired) electrons. The van der Waals surface area contributed by atoms with Crippen molar-refractivity contribution in [2.45, 2.75) is 19.8 Å². The Labute approximate surface area is 96.5 Å². The summed E-state index contributed by atoms with van der Waals surface area (Å²) in [4.78, 5) is 5.43. The van der Waals surface area contributed by atoms with Gasteiger partial charge in [0.1, 0.15) is 0 Å². The first kappa shape index (κ1) is 9.91. The Hall–Kier alpha value is -1.28. The predicted molar refractivity (Wildman–Crippen MR) is 64.6 cm³/mol. The molecule has 84 valence electrons. The molecule has 0 aromatic heterocycles. The lowest BCUT2D eigenvalue weighted by Crippen LogP contribution is -2.26. The minimum Gasteiger partial charge on any atom is -0.277 e. The molecular weight excluding hydrogens is 198 g/mol. The maximum Gasteiger partial charge on any atom is 0.0638 e. The first-order valence-electron chi connectivity index (χ1n) is 5.85. The summed E-state index contributed by atoms with van der Waals surface area (Å²) in [6, 6.07) is 8.66. The van der Waals surface area contributed by atoms with Gasteiger partial charge in [0.15, 0.2) is 0 Å². The fourth-order valence-corrected chi connectivity index (χ4v) is 2.92. The van der Waals surface area contributed by atoms with Crippen LogP contribution in [-0.4, -0.2) is 18.7 Å². The van der Waals surface area contributed by atoms with Crippen LogP contribution in [-0.2, 0) is 11.3 Å². The van der Waals surface area contributed by atoms with Crippen LogP contribution in [0.3, 0.4) is 0 Å². The molecule has 1 aliphatic heterocycles. The molecule has 0 spiro atoms. The molecule has 0 saturated carbocycles. The molecule has 1 heterocycles. The number of rotatable bonds is 1. The third kappa shape index (κ3) is 1.30. The Balaban J connectivity index is 2.10. The smallest absolute Gasteiger partial charge is 0.0638 e. The monoisotopic (exact) mass is 215 g/mol. The van der Waals surface area contributed by atoms with Gasteiger partial charge in [0, 0.05) is 17.7 Å². The average molecular weight is 215 g/mol. The van der Waals surface area contributed by atoms with E-state index in [4.69, 9.17) is 4.84 Å². The predicted octanol–water partition coefficient (Wildman–Crippen LogP) is 2.86. The van der Waals surface area contributed by atoms with Crippen molar-refractivity contribution in [3.8, 4) is 0 Å². The highest BCUT2D eigenvalue weighted by Crippen LogP contribution is 2.46. The van der Waals surface area contributed by atoms with Crippen LogP contribution in [0.2, 0.25) is 0 Å². The van der Waals surface area contributed by atoms with Gasteiger partial charge < -0.3 is 0 Å². The summed E-state index contributed by atoms with van der Waals surface area (Å²) >= 11 is 0. The van der Waals surface area contributed by atoms with Crippen molar-refractivity contribution >= 4 is 6.08 Å². The second-order valence-corrected chi connectivity index (χ2v) is 5.00. The maximum absolute atomic E-state index is 5.43. The highest BCUT2D eigenvalue weighted by molar-refractivity contribution is 5.61. The van der Waals surface area contributed by atoms with E-state index >= 15 is 0 Å². The van der Waals surface area contributed by atoms with E-state index in [9.17, 15) is 0 Å². The lowest BCUT2D eigenvalue weighted by Gasteiger charge is -2.32. The van der Waals surface area contributed by atoms with Gasteiger partial charge >= 0.3 is 0 Å². The number of nitrogens with zero attached hydrogens (tertiary/aromatic N) is 1. The number of benzene rings is 1. The zero-order valence-corrected chi connectivity index (χ0v) is 9.86. The highest BCUT2D eigenvalue weighted by Gasteiger charge is 2.41. The molecule has 16 heavy (non-hydrogen) atoms. The SMILES string of the molecule is CON1CCC2(C)Cc3ccccc3C=C12. The van der Waals surface area contributed by atoms with E-state index in [1.165, 1.54) is 23.2 Å². The third-order valence-electron chi connectivity index (χ3n) is 3.90. The van der Waals surface area contributed by atoms with Crippen molar-refractivity contribution in [3.05, 3.63) is 41.1 Å². The Kier molecular flexibility index (Phi) is 2.08. The van der Waals surface area contributed by atoms with E-state index in [2.05, 4.69) is 37.3 Å². The zero-order valence-electron chi connectivity index (χ0n) is 9.86. The van der Waals surface area contributed by atoms with Crippen molar-refractivity contribution in [3.63, 3.8) is 0 Å². The molecule has 2 heteroatoms. The Bertz CT molecular complexity index is 452. The summed E-state index contributed by atoms with van der Waals surface area (Å²) in [5.74, 6) is 0. The summed E-state index contributed by atoms with van der Waals surface area (Å²) in [5.41, 5.74) is 4.42. The summed E-state index contributed by atoms with van der Waals surface area (Å²) in [7, 11) is 1.76. The highest BCUT2D eigenvalue weighted by atomic mass is 16.7. The van der Waals surface area contributed by atoms with Gasteiger partial charge in [0.2, 0.25) is 0 Å². The van der Waals surface area contributed by atoms with Crippen LogP contribution in [0.25, 0.3) is 6.08 Å². The normalized spacial score (nSPS) is 27.4. The lowest BCUT2D eigenvalue weighted by atomic mass is 9.75. The van der Waals surface area contributed by atoms with Crippen molar-refractivity contribution in [2.24, 2.45) is 5.41 Å². The first-order valence-corrected chi connectivity index (χ1v) is 5.85. The van der Waals surface area contributed by atoms with Crippen molar-refractivity contribution in [1.29, 1.82) is 0 Å². The van der Waals surface area contributed by atoms with Gasteiger partial charge in [-0.05, 0) is 30.0 Å². The summed E-state index contributed by atoms with van der Waals surface area (Å²) in [6.07, 6.45) is 4.60. The van der Waals surface area contributed by atoms with Gasteiger partial charge in [-0.3, -0.25) is 9.90 Å². The quantitative estimate of drug-likeness (QED) is 0.714. The number of allylic oxidation sites excluding steroid dienone is 1. The van der Waals surface area contributed by atoms with Gasteiger partial charge in [0.05, 0.1) is 7.11 Å². The standard InChI is InChI=1S/C14H17NO/c1-14-7-8-15(16-2)13(14)9-11-5-3-4-6-12(11)10-14/h3-6,9H,7-8,10H2,1-2H3. The molecule has 0 bridgehead atoms. The van der Waals surface area contributed by atoms with Crippen LogP contribution < -0.4 is 0 Å². The Morgan fingerprint density at radius 3 is 2.94 bits per heavy atom. The van der Waals surface area contributed by atoms with Crippen LogP contribution in [0.1, 0.15) is 24.5 Å². The Morgan fingerprint density at radius 1 is 1.31 bits per heavy atom. The molecular formula is C14H17NO. The second-order valence-electron chi connectivity index (χ2n) is 5.00. The molecule has 1 saturated heterocycles. The molecule has 2 aliphatic rings. The zero-order chi connectivity index (χ0) is 11.2. The Morgan fingerprint density at radius 2 is 2.12 bits per heavy atom. The second kappa shape index (κ2) is 3.36. The topological polar surface area (TPSA) is 12.5 Å². The molecule has 1 fully saturated rings. The van der Waals surface area contributed by atoms with Gasteiger partial charge in [-0.1, -0.05) is 31.2 Å². The van der Waals surface area contributed by atoms with Crippen molar-refractivity contribution in [2.75, 3.05) is 13.7 Å². The molecule has 2 nitrogen and oxygen atoms in total. The number of hydroxylamine groups is 2. The lowest BCUT2D eigenvalue weighted by molar-refractivity contribution is -0.0886. The molecule has 3 rings (SSSR count). The molecule has 1 aliphatic carbocycles. The molecule has 0 N–H and O–H groups in total. The summed E-state index contributed by atoms with van der Waals surface area (Å²) < 4.78 is 0. The summed E-state index contributed by atoms with van der Waals surface area (Å²) in [5, 5.41) is 2.04. The van der Waals surface area contributed by atoms with E-state index in [1.807, 2.05) is 5.06 Å². The van der Waals surface area contributed by atoms with E-state index in [0.717, 1.165) is 13.0 Å². The molecule has 0 amide bonds. The van der Waals surface area contributed by atoms with E-state index in [1.54, 1.807) is 7.11 Å². The van der Waals surface area contributed by atoms with E-state index in [0.29, 0.717) is 0 Å². The van der Waals surface area contributed by atoms with Crippen LogP contribution >= 0.6 is 0 Å². The van der Waals surface area contributed by atoms with Gasteiger partial charge in [-0.15, -0.1) is 0 Å². The summed E-state index contributed by atoms with van der Waals surface area (Å²) in [6.45, 7) is 3.35. The minimum atomic E-state index is 0.268. The van der Waals surface area contributed by atoms with Crippen LogP contribution in [0.5, 0.6) is 0 Å². The van der Waals surface area contributed by atoms with E-state index < -0.39 is 0 Å². The van der Waals surface area contributed by atoms with Gasteiger partial charge in [0.25, 0.3) is 0 Å². The van der Waals surface area contributed by atoms with Gasteiger partial charge in [-0.25, -0.2) is 0 Å². The average Bonchev–Trinajstić information content (AvgIpc) is 2.62. The largest absolute Gasteiger partial charge is 0.277 e. The number of fused-ring (bicyclic) bond motifs is 2. The van der Waals surface area contributed by atoms with E-state index in [-0.39, 0.29) is 5.41 Å². The maximum atomic E-state index is 5.43. The molecule has 1 unspecified atom stereocenters. The first-order chi connectivity index (χ1) is 7.73. The van der Waals surface area contributed by atoms with Crippen LogP contribution in [0.4, 0.5) is 0 Å². The van der Waals surface area contributed by atoms with Crippen molar-refractivity contribution in [1.82, 2.24) is 5.06 Å². The molecule has 1 aromatic carbocycles. The van der Waals surface area contributed by atoms with Crippen molar-refractivity contribution < 1.29 is 4.84 Å². The minimum absolute atomic E-state index is 0.268. The van der Waals surface area contributed by atoms with Gasteiger partial charge in [-0.2, -0.15) is 0 Å². The van der Waals surface area contributed by atoms with Crippen LogP contribution in [0, 0.1) is 5.41 Å². The number of hydrogen-bond donors (Lipinski definition) is 0. The molecule has 1 aromatic rings. The fraction of sp³-hybridized carbons (Fsp3) is 0.429. The third-order valence-corrected chi connectivity index (χ3v) is 3.90. The molecule has 1 atom stereocenters. The fourth-order valence-electron chi connectivity index (χ4n) is 2.92. The van der Waals surface area contributed by atoms with Crippen LogP contribution in [0.15, 0.2) is 30.0 Å².